The van der Waals surface area contributed by atoms with E-state index in [4.69, 9.17) is 0 Å². The van der Waals surface area contributed by atoms with E-state index in [2.05, 4.69) is 15.0 Å². The van der Waals surface area contributed by atoms with E-state index < -0.39 is 11.7 Å². The lowest BCUT2D eigenvalue weighted by Gasteiger charge is -2.08. The summed E-state index contributed by atoms with van der Waals surface area (Å²) in [5, 5.41) is 1.41. The van der Waals surface area contributed by atoms with Crippen LogP contribution < -0.4 is 0 Å². The van der Waals surface area contributed by atoms with Gasteiger partial charge in [0, 0.05) is 11.1 Å². The summed E-state index contributed by atoms with van der Waals surface area (Å²) in [6.45, 7) is 0. The van der Waals surface area contributed by atoms with Gasteiger partial charge >= 0.3 is 6.18 Å². The van der Waals surface area contributed by atoms with Crippen LogP contribution in [-0.2, 0) is 6.18 Å². The summed E-state index contributed by atoms with van der Waals surface area (Å²) in [7, 11) is 0. The number of benzene rings is 1. The number of fused-ring (bicyclic) bond motifs is 1. The SMILES string of the molecule is FC(F)(F)c1cccc(Sc2ncnc3[nH]ccc23)c1. The van der Waals surface area contributed by atoms with Gasteiger partial charge in [0.05, 0.1) is 10.9 Å². The van der Waals surface area contributed by atoms with Crippen molar-refractivity contribution in [2.45, 2.75) is 16.1 Å². The molecule has 2 aromatic heterocycles. The summed E-state index contributed by atoms with van der Waals surface area (Å²) >= 11 is 1.18. The van der Waals surface area contributed by atoms with Crippen LogP contribution in [0, 0.1) is 0 Å². The molecule has 0 bridgehead atoms. The van der Waals surface area contributed by atoms with Gasteiger partial charge in [-0.3, -0.25) is 0 Å². The number of nitrogens with one attached hydrogen (secondary N) is 1. The zero-order valence-electron chi connectivity index (χ0n) is 9.98. The molecular formula is C13H8F3N3S. The van der Waals surface area contributed by atoms with Crippen LogP contribution in [0.25, 0.3) is 11.0 Å². The normalized spacial score (nSPS) is 11.9. The third-order valence-corrected chi connectivity index (χ3v) is 3.70. The second-order valence-electron chi connectivity index (χ2n) is 4.05. The Morgan fingerprint density at radius 2 is 1.95 bits per heavy atom. The maximum Gasteiger partial charge on any atom is 0.416 e. The highest BCUT2D eigenvalue weighted by molar-refractivity contribution is 7.99. The Balaban J connectivity index is 1.97. The Bertz CT molecular complexity index is 752. The van der Waals surface area contributed by atoms with Gasteiger partial charge in [0.15, 0.2) is 0 Å². The van der Waals surface area contributed by atoms with E-state index in [-0.39, 0.29) is 0 Å². The van der Waals surface area contributed by atoms with Crippen LogP contribution in [0.5, 0.6) is 0 Å². The van der Waals surface area contributed by atoms with Crippen molar-refractivity contribution < 1.29 is 13.2 Å². The highest BCUT2D eigenvalue weighted by Gasteiger charge is 2.30. The van der Waals surface area contributed by atoms with Gasteiger partial charge in [-0.15, -0.1) is 0 Å². The zero-order valence-corrected chi connectivity index (χ0v) is 10.8. The summed E-state index contributed by atoms with van der Waals surface area (Å²) in [5.41, 5.74) is -0.00338. The Morgan fingerprint density at radius 1 is 1.10 bits per heavy atom. The van der Waals surface area contributed by atoms with Gasteiger partial charge in [-0.25, -0.2) is 9.97 Å². The Morgan fingerprint density at radius 3 is 2.75 bits per heavy atom. The molecule has 3 rings (SSSR count). The molecular weight excluding hydrogens is 287 g/mol. The van der Waals surface area contributed by atoms with E-state index in [1.54, 1.807) is 18.3 Å². The number of aromatic amines is 1. The number of hydrogen-bond acceptors (Lipinski definition) is 3. The first-order valence-corrected chi connectivity index (χ1v) is 6.49. The van der Waals surface area contributed by atoms with E-state index in [9.17, 15) is 13.2 Å². The molecule has 0 aliphatic heterocycles. The topological polar surface area (TPSA) is 41.6 Å². The van der Waals surface area contributed by atoms with Gasteiger partial charge in [0.2, 0.25) is 0 Å². The lowest BCUT2D eigenvalue weighted by atomic mass is 10.2. The molecule has 0 atom stereocenters. The summed E-state index contributed by atoms with van der Waals surface area (Å²) in [6, 6.07) is 6.98. The first-order chi connectivity index (χ1) is 9.54. The fourth-order valence-electron chi connectivity index (χ4n) is 1.78. The standard InChI is InChI=1S/C13H8F3N3S/c14-13(15,16)8-2-1-3-9(6-8)20-12-10-4-5-17-11(10)18-7-19-12/h1-7H,(H,17,18,19). The van der Waals surface area contributed by atoms with Crippen LogP contribution in [0.2, 0.25) is 0 Å². The fourth-order valence-corrected chi connectivity index (χ4v) is 2.71. The van der Waals surface area contributed by atoms with Gasteiger partial charge in [0.1, 0.15) is 17.0 Å². The summed E-state index contributed by atoms with van der Waals surface area (Å²) in [5.74, 6) is 0. The number of H-pyrrole nitrogens is 1. The maximum atomic E-state index is 12.7. The minimum Gasteiger partial charge on any atom is -0.346 e. The van der Waals surface area contributed by atoms with Crippen molar-refractivity contribution in [2.75, 3.05) is 0 Å². The monoisotopic (exact) mass is 295 g/mol. The average Bonchev–Trinajstić information content (AvgIpc) is 2.87. The molecule has 0 saturated heterocycles. The van der Waals surface area contributed by atoms with Crippen molar-refractivity contribution >= 4 is 22.8 Å². The molecule has 0 saturated carbocycles. The zero-order chi connectivity index (χ0) is 14.2. The molecule has 0 fully saturated rings. The predicted octanol–water partition coefficient (Wildman–Crippen LogP) is 4.13. The van der Waals surface area contributed by atoms with Crippen molar-refractivity contribution in [3.05, 3.63) is 48.4 Å². The molecule has 20 heavy (non-hydrogen) atoms. The quantitative estimate of drug-likeness (QED) is 0.723. The predicted molar refractivity (Wildman–Crippen MR) is 69.5 cm³/mol. The van der Waals surface area contributed by atoms with Crippen molar-refractivity contribution in [1.29, 1.82) is 0 Å². The number of aromatic nitrogens is 3. The van der Waals surface area contributed by atoms with Gasteiger partial charge in [-0.1, -0.05) is 17.8 Å². The van der Waals surface area contributed by atoms with E-state index in [1.165, 1.54) is 24.2 Å². The van der Waals surface area contributed by atoms with Crippen molar-refractivity contribution in [3.63, 3.8) is 0 Å². The molecule has 0 radical (unpaired) electrons. The van der Waals surface area contributed by atoms with Gasteiger partial charge in [-0.2, -0.15) is 13.2 Å². The van der Waals surface area contributed by atoms with Crippen LogP contribution >= 0.6 is 11.8 Å². The highest BCUT2D eigenvalue weighted by Crippen LogP contribution is 2.35. The van der Waals surface area contributed by atoms with Crippen molar-refractivity contribution in [1.82, 2.24) is 15.0 Å². The summed E-state index contributed by atoms with van der Waals surface area (Å²) < 4.78 is 38.0. The Kier molecular flexibility index (Phi) is 3.13. The smallest absolute Gasteiger partial charge is 0.346 e. The number of alkyl halides is 3. The Hall–Kier alpha value is -2.02. The van der Waals surface area contributed by atoms with Gasteiger partial charge < -0.3 is 4.98 Å². The number of rotatable bonds is 2. The molecule has 0 spiro atoms. The number of nitrogens with zero attached hydrogens (tertiary/aromatic N) is 2. The van der Waals surface area contributed by atoms with Crippen molar-refractivity contribution in [3.8, 4) is 0 Å². The van der Waals surface area contributed by atoms with Gasteiger partial charge in [-0.05, 0) is 24.3 Å². The number of halogens is 3. The lowest BCUT2D eigenvalue weighted by Crippen LogP contribution is -2.04. The van der Waals surface area contributed by atoms with E-state index in [0.717, 1.165) is 17.5 Å². The van der Waals surface area contributed by atoms with Crippen LogP contribution in [0.4, 0.5) is 13.2 Å². The first kappa shape index (κ1) is 13.0. The molecule has 1 aromatic carbocycles. The molecule has 7 heteroatoms. The molecule has 102 valence electrons. The minimum atomic E-state index is -4.34. The summed E-state index contributed by atoms with van der Waals surface area (Å²) in [4.78, 5) is 11.6. The van der Waals surface area contributed by atoms with Crippen molar-refractivity contribution in [2.24, 2.45) is 0 Å². The van der Waals surface area contributed by atoms with E-state index in [1.807, 2.05) is 0 Å². The second-order valence-corrected chi connectivity index (χ2v) is 5.11. The summed E-state index contributed by atoms with van der Waals surface area (Å²) in [6.07, 6.45) is -1.24. The third-order valence-electron chi connectivity index (χ3n) is 2.69. The molecule has 3 aromatic rings. The molecule has 0 aliphatic carbocycles. The second kappa shape index (κ2) is 4.82. The molecule has 2 heterocycles. The molecule has 0 unspecified atom stereocenters. The third kappa shape index (κ3) is 2.49. The van der Waals surface area contributed by atoms with E-state index >= 15 is 0 Å². The molecule has 1 N–H and O–H groups in total. The van der Waals surface area contributed by atoms with Crippen LogP contribution in [0.15, 0.2) is 52.8 Å². The van der Waals surface area contributed by atoms with Crippen LogP contribution in [0.3, 0.4) is 0 Å². The molecule has 0 aliphatic rings. The van der Waals surface area contributed by atoms with E-state index in [0.29, 0.717) is 15.6 Å². The average molecular weight is 295 g/mol. The van der Waals surface area contributed by atoms with Gasteiger partial charge in [0.25, 0.3) is 0 Å². The first-order valence-electron chi connectivity index (χ1n) is 5.67. The Labute approximate surface area is 116 Å². The van der Waals surface area contributed by atoms with Crippen LogP contribution in [-0.4, -0.2) is 15.0 Å². The minimum absolute atomic E-state index is 0.487. The fraction of sp³-hybridized carbons (Fsp3) is 0.0769. The lowest BCUT2D eigenvalue weighted by molar-refractivity contribution is -0.137. The molecule has 0 amide bonds. The van der Waals surface area contributed by atoms with Crippen LogP contribution in [0.1, 0.15) is 5.56 Å². The number of hydrogen-bond donors (Lipinski definition) is 1. The largest absolute Gasteiger partial charge is 0.416 e. The highest BCUT2D eigenvalue weighted by atomic mass is 32.2. The molecule has 3 nitrogen and oxygen atoms in total. The maximum absolute atomic E-state index is 12.7.